The number of carbonyl (C=O) groups is 1. The predicted molar refractivity (Wildman–Crippen MR) is 71.0 cm³/mol. The average molecular weight is 250 g/mol. The molecule has 0 aliphatic carbocycles. The third kappa shape index (κ3) is 4.93. The molecule has 0 atom stereocenters. The number of halogens is 1. The maximum absolute atomic E-state index is 11.8. The summed E-state index contributed by atoms with van der Waals surface area (Å²) in [6, 6.07) is 7.33. The van der Waals surface area contributed by atoms with Gasteiger partial charge in [0.05, 0.1) is 0 Å². The summed E-state index contributed by atoms with van der Waals surface area (Å²) in [6.45, 7) is 0.658. The molecule has 0 bridgehead atoms. The van der Waals surface area contributed by atoms with Gasteiger partial charge in [-0.1, -0.05) is 12.1 Å². The lowest BCUT2D eigenvalue weighted by atomic mass is 10.1. The van der Waals surface area contributed by atoms with Crippen LogP contribution in [0.5, 0.6) is 0 Å². The van der Waals surface area contributed by atoms with Gasteiger partial charge in [0, 0.05) is 24.4 Å². The summed E-state index contributed by atoms with van der Waals surface area (Å²) >= 11 is 5.71. The highest BCUT2D eigenvalue weighted by atomic mass is 35.5. The standard InChI is InChI=1S/C14H16ClNO/c1-2-3-4-5-9-16-14(17)13-8-6-7-12(10-13)11-15/h1,6-8,10H,3-5,9,11H2,(H,16,17). The lowest BCUT2D eigenvalue weighted by Crippen LogP contribution is -2.24. The van der Waals surface area contributed by atoms with E-state index in [1.165, 1.54) is 0 Å². The number of carbonyl (C=O) groups excluding carboxylic acids is 1. The van der Waals surface area contributed by atoms with E-state index in [-0.39, 0.29) is 5.91 Å². The quantitative estimate of drug-likeness (QED) is 0.469. The fraction of sp³-hybridized carbons (Fsp3) is 0.357. The van der Waals surface area contributed by atoms with Crippen LogP contribution in [0.1, 0.15) is 35.2 Å². The molecule has 0 fully saturated rings. The molecule has 0 heterocycles. The van der Waals surface area contributed by atoms with Crippen LogP contribution < -0.4 is 5.32 Å². The molecule has 0 radical (unpaired) electrons. The van der Waals surface area contributed by atoms with E-state index in [2.05, 4.69) is 11.2 Å². The van der Waals surface area contributed by atoms with Crippen molar-refractivity contribution in [3.8, 4) is 12.3 Å². The van der Waals surface area contributed by atoms with Crippen LogP contribution in [0.25, 0.3) is 0 Å². The minimum Gasteiger partial charge on any atom is -0.352 e. The topological polar surface area (TPSA) is 29.1 Å². The third-order valence-corrected chi connectivity index (χ3v) is 2.69. The van der Waals surface area contributed by atoms with Gasteiger partial charge in [0.1, 0.15) is 0 Å². The summed E-state index contributed by atoms with van der Waals surface area (Å²) in [5, 5.41) is 2.86. The summed E-state index contributed by atoms with van der Waals surface area (Å²) in [6.07, 6.45) is 7.76. The number of terminal acetylenes is 1. The number of unbranched alkanes of at least 4 members (excludes halogenated alkanes) is 2. The number of benzene rings is 1. The molecule has 0 aromatic heterocycles. The Hall–Kier alpha value is -1.46. The molecule has 17 heavy (non-hydrogen) atoms. The number of rotatable bonds is 6. The maximum Gasteiger partial charge on any atom is 0.251 e. The van der Waals surface area contributed by atoms with Crippen LogP contribution >= 0.6 is 11.6 Å². The summed E-state index contributed by atoms with van der Waals surface area (Å²) in [4.78, 5) is 11.8. The first-order chi connectivity index (χ1) is 8.27. The van der Waals surface area contributed by atoms with E-state index in [0.29, 0.717) is 18.0 Å². The molecule has 0 spiro atoms. The Morgan fingerprint density at radius 2 is 2.24 bits per heavy atom. The van der Waals surface area contributed by atoms with Gasteiger partial charge in [-0.3, -0.25) is 4.79 Å². The smallest absolute Gasteiger partial charge is 0.251 e. The van der Waals surface area contributed by atoms with E-state index in [0.717, 1.165) is 24.8 Å². The number of hydrogen-bond acceptors (Lipinski definition) is 1. The van der Waals surface area contributed by atoms with Crippen molar-refractivity contribution < 1.29 is 4.79 Å². The second kappa shape index (κ2) is 7.76. The summed E-state index contributed by atoms with van der Waals surface area (Å²) in [7, 11) is 0. The molecular formula is C14H16ClNO. The fourth-order valence-corrected chi connectivity index (χ4v) is 1.62. The van der Waals surface area contributed by atoms with Crippen LogP contribution in [0.15, 0.2) is 24.3 Å². The van der Waals surface area contributed by atoms with Gasteiger partial charge >= 0.3 is 0 Å². The molecule has 0 saturated carbocycles. The van der Waals surface area contributed by atoms with Crippen molar-refractivity contribution in [2.45, 2.75) is 25.1 Å². The first-order valence-electron chi connectivity index (χ1n) is 5.64. The minimum atomic E-state index is -0.0577. The van der Waals surface area contributed by atoms with E-state index in [1.54, 1.807) is 6.07 Å². The summed E-state index contributed by atoms with van der Waals surface area (Å²) in [5.74, 6) is 2.94. The molecule has 1 rings (SSSR count). The van der Waals surface area contributed by atoms with E-state index in [4.69, 9.17) is 18.0 Å². The zero-order valence-corrected chi connectivity index (χ0v) is 10.5. The van der Waals surface area contributed by atoms with Crippen molar-refractivity contribution in [2.75, 3.05) is 6.54 Å². The Kier molecular flexibility index (Phi) is 6.21. The number of amides is 1. The zero-order valence-electron chi connectivity index (χ0n) is 9.71. The Labute approximate surface area is 107 Å². The first kappa shape index (κ1) is 13.6. The Bertz CT molecular complexity index is 409. The van der Waals surface area contributed by atoms with Gasteiger partial charge in [0.25, 0.3) is 5.91 Å². The van der Waals surface area contributed by atoms with E-state index in [1.807, 2.05) is 18.2 Å². The van der Waals surface area contributed by atoms with Gasteiger partial charge < -0.3 is 5.32 Å². The largest absolute Gasteiger partial charge is 0.352 e. The molecule has 0 unspecified atom stereocenters. The normalized spacial score (nSPS) is 9.65. The van der Waals surface area contributed by atoms with Crippen LogP contribution in [0, 0.1) is 12.3 Å². The van der Waals surface area contributed by atoms with Crippen molar-refractivity contribution in [2.24, 2.45) is 0 Å². The average Bonchev–Trinajstić information content (AvgIpc) is 2.38. The minimum absolute atomic E-state index is 0.0577. The third-order valence-electron chi connectivity index (χ3n) is 2.38. The number of nitrogens with one attached hydrogen (secondary N) is 1. The van der Waals surface area contributed by atoms with Crippen molar-refractivity contribution in [1.82, 2.24) is 5.32 Å². The van der Waals surface area contributed by atoms with Gasteiger partial charge in [-0.05, 0) is 30.5 Å². The highest BCUT2D eigenvalue weighted by Gasteiger charge is 2.04. The van der Waals surface area contributed by atoms with Crippen LogP contribution in [0.2, 0.25) is 0 Å². The van der Waals surface area contributed by atoms with Crippen LogP contribution in [-0.2, 0) is 5.88 Å². The fourth-order valence-electron chi connectivity index (χ4n) is 1.45. The molecule has 1 N–H and O–H groups in total. The maximum atomic E-state index is 11.8. The van der Waals surface area contributed by atoms with E-state index >= 15 is 0 Å². The second-order valence-corrected chi connectivity index (χ2v) is 4.02. The van der Waals surface area contributed by atoms with Gasteiger partial charge in [0.15, 0.2) is 0 Å². The lowest BCUT2D eigenvalue weighted by Gasteiger charge is -2.05. The summed E-state index contributed by atoms with van der Waals surface area (Å²) < 4.78 is 0. The SMILES string of the molecule is C#CCCCCNC(=O)c1cccc(CCl)c1. The van der Waals surface area contributed by atoms with Crippen LogP contribution in [0.4, 0.5) is 0 Å². The molecule has 90 valence electrons. The van der Waals surface area contributed by atoms with Crippen LogP contribution in [0.3, 0.4) is 0 Å². The van der Waals surface area contributed by atoms with Crippen LogP contribution in [-0.4, -0.2) is 12.5 Å². The molecule has 3 heteroatoms. The van der Waals surface area contributed by atoms with Crippen molar-refractivity contribution in [3.05, 3.63) is 35.4 Å². The van der Waals surface area contributed by atoms with Gasteiger partial charge in [0.2, 0.25) is 0 Å². The van der Waals surface area contributed by atoms with Crippen molar-refractivity contribution in [1.29, 1.82) is 0 Å². The molecule has 0 saturated heterocycles. The Morgan fingerprint density at radius 1 is 1.41 bits per heavy atom. The molecule has 1 aromatic rings. The van der Waals surface area contributed by atoms with Crippen molar-refractivity contribution in [3.63, 3.8) is 0 Å². The van der Waals surface area contributed by atoms with Gasteiger partial charge in [-0.2, -0.15) is 0 Å². The molecular weight excluding hydrogens is 234 g/mol. The van der Waals surface area contributed by atoms with E-state index < -0.39 is 0 Å². The first-order valence-corrected chi connectivity index (χ1v) is 6.18. The molecule has 2 nitrogen and oxygen atoms in total. The Balaban J connectivity index is 2.39. The lowest BCUT2D eigenvalue weighted by molar-refractivity contribution is 0.0953. The molecule has 1 amide bonds. The predicted octanol–water partition coefficient (Wildman–Crippen LogP) is 2.96. The molecule has 1 aromatic carbocycles. The highest BCUT2D eigenvalue weighted by Crippen LogP contribution is 2.07. The van der Waals surface area contributed by atoms with Gasteiger partial charge in [-0.25, -0.2) is 0 Å². The highest BCUT2D eigenvalue weighted by molar-refractivity contribution is 6.17. The van der Waals surface area contributed by atoms with Crippen molar-refractivity contribution >= 4 is 17.5 Å². The number of alkyl halides is 1. The van der Waals surface area contributed by atoms with Gasteiger partial charge in [-0.15, -0.1) is 23.9 Å². The molecule has 0 aliphatic heterocycles. The second-order valence-electron chi connectivity index (χ2n) is 3.75. The summed E-state index contributed by atoms with van der Waals surface area (Å²) in [5.41, 5.74) is 1.60. The Morgan fingerprint density at radius 3 is 2.94 bits per heavy atom. The monoisotopic (exact) mass is 249 g/mol. The number of hydrogen-bond donors (Lipinski definition) is 1. The zero-order chi connectivity index (χ0) is 12.5. The van der Waals surface area contributed by atoms with E-state index in [9.17, 15) is 4.79 Å². The molecule has 0 aliphatic rings.